The number of rotatable bonds is 5. The zero-order valence-electron chi connectivity index (χ0n) is 12.7. The maximum atomic E-state index is 6.36. The van der Waals surface area contributed by atoms with Gasteiger partial charge < -0.3 is 4.12 Å². The first-order chi connectivity index (χ1) is 11.5. The van der Waals surface area contributed by atoms with Crippen molar-refractivity contribution in [2.75, 3.05) is 0 Å². The molecule has 0 unspecified atom stereocenters. The van der Waals surface area contributed by atoms with Crippen LogP contribution in [0.2, 0.25) is 0 Å². The Balaban J connectivity index is 2.33. The summed E-state index contributed by atoms with van der Waals surface area (Å²) < 4.78 is 6.36. The average molecular weight is 410 g/mol. The Labute approximate surface area is 158 Å². The summed E-state index contributed by atoms with van der Waals surface area (Å²) in [5.74, 6) is 0. The van der Waals surface area contributed by atoms with Gasteiger partial charge in [0.2, 0.25) is 0 Å². The first kappa shape index (κ1) is 17.7. The van der Waals surface area contributed by atoms with Crippen LogP contribution in [0.4, 0.5) is 0 Å². The lowest BCUT2D eigenvalue weighted by molar-refractivity contribution is 0.622. The molecule has 0 N–H and O–H groups in total. The number of hydrogen-bond acceptors (Lipinski definition) is 1. The third-order valence-corrected chi connectivity index (χ3v) is 11.5. The molecule has 0 fully saturated rings. The normalized spacial score (nSPS) is 12.1. The van der Waals surface area contributed by atoms with E-state index in [0.29, 0.717) is 0 Å². The maximum absolute atomic E-state index is 6.36. The van der Waals surface area contributed by atoms with Crippen LogP contribution in [0.25, 0.3) is 0 Å². The van der Waals surface area contributed by atoms with Gasteiger partial charge in [0.25, 0.3) is 8.32 Å². The van der Waals surface area contributed by atoms with Crippen molar-refractivity contribution < 1.29 is 4.12 Å². The van der Waals surface area contributed by atoms with Gasteiger partial charge in [0.15, 0.2) is 0 Å². The first-order valence-electron chi connectivity index (χ1n) is 7.46. The topological polar surface area (TPSA) is 9.23 Å². The van der Waals surface area contributed by atoms with Gasteiger partial charge in [-0.1, -0.05) is 124 Å². The molecule has 0 aliphatic carbocycles. The van der Waals surface area contributed by atoms with Crippen molar-refractivity contribution in [2.45, 2.75) is 0 Å². The van der Waals surface area contributed by atoms with E-state index in [-0.39, 0.29) is 0 Å². The van der Waals surface area contributed by atoms with Gasteiger partial charge in [0.05, 0.1) is 0 Å². The lowest BCUT2D eigenvalue weighted by atomic mass is 10.3. The molecule has 0 aliphatic heterocycles. The summed E-state index contributed by atoms with van der Waals surface area (Å²) in [6, 6.07) is 30.2. The minimum Gasteiger partial charge on any atom is -0.411 e. The van der Waals surface area contributed by atoms with Crippen molar-refractivity contribution in [3.8, 4) is 0 Å². The van der Waals surface area contributed by atoms with E-state index in [0.717, 1.165) is 15.6 Å². The second-order valence-corrected chi connectivity index (χ2v) is 16.7. The van der Waals surface area contributed by atoms with Crippen LogP contribution in [0.3, 0.4) is 0 Å². The van der Waals surface area contributed by atoms with Crippen LogP contribution in [0.1, 0.15) is 0 Å². The Bertz CT molecular complexity index is 681. The van der Waals surface area contributed by atoms with Gasteiger partial charge >= 0.3 is 6.25 Å². The third kappa shape index (κ3) is 3.77. The Morgan fingerprint density at radius 1 is 0.500 bits per heavy atom. The van der Waals surface area contributed by atoms with E-state index in [1.54, 1.807) is 0 Å². The van der Waals surface area contributed by atoms with E-state index in [9.17, 15) is 0 Å². The molecular formula is C18H15Cl3OSi2. The van der Waals surface area contributed by atoms with Crippen LogP contribution < -0.4 is 15.6 Å². The van der Waals surface area contributed by atoms with E-state index in [1.807, 2.05) is 54.6 Å². The predicted molar refractivity (Wildman–Crippen MR) is 108 cm³/mol. The molecule has 0 heterocycles. The molecule has 0 saturated carbocycles. The molecule has 3 rings (SSSR count). The van der Waals surface area contributed by atoms with Crippen LogP contribution >= 0.6 is 33.2 Å². The lowest BCUT2D eigenvalue weighted by Gasteiger charge is -2.35. The van der Waals surface area contributed by atoms with Gasteiger partial charge in [0, 0.05) is 0 Å². The van der Waals surface area contributed by atoms with Crippen molar-refractivity contribution in [2.24, 2.45) is 0 Å². The van der Waals surface area contributed by atoms with Gasteiger partial charge in [-0.2, -0.15) is 0 Å². The fourth-order valence-corrected chi connectivity index (χ4v) is 11.8. The number of hydrogen-bond donors (Lipinski definition) is 0. The monoisotopic (exact) mass is 408 g/mol. The summed E-state index contributed by atoms with van der Waals surface area (Å²) in [4.78, 5) is 0. The molecule has 0 amide bonds. The highest BCUT2D eigenvalue weighted by atomic mass is 35.8. The summed E-state index contributed by atoms with van der Waals surface area (Å²) in [6.07, 6.45) is -3.36. The quantitative estimate of drug-likeness (QED) is 0.353. The van der Waals surface area contributed by atoms with Crippen molar-refractivity contribution in [3.05, 3.63) is 91.0 Å². The van der Waals surface area contributed by atoms with Crippen molar-refractivity contribution >= 4 is 63.4 Å². The minimum absolute atomic E-state index is 1.06. The Morgan fingerprint density at radius 2 is 0.792 bits per heavy atom. The average Bonchev–Trinajstić information content (AvgIpc) is 2.61. The van der Waals surface area contributed by atoms with Crippen molar-refractivity contribution in [3.63, 3.8) is 0 Å². The highest BCUT2D eigenvalue weighted by molar-refractivity contribution is 7.63. The summed E-state index contributed by atoms with van der Waals surface area (Å²) >= 11 is 18.7. The summed E-state index contributed by atoms with van der Waals surface area (Å²) in [5, 5.41) is 3.17. The van der Waals surface area contributed by atoms with Crippen LogP contribution in [-0.2, 0) is 4.12 Å². The smallest absolute Gasteiger partial charge is 0.411 e. The molecule has 24 heavy (non-hydrogen) atoms. The molecule has 0 atom stereocenters. The van der Waals surface area contributed by atoms with Crippen LogP contribution in [0, 0.1) is 0 Å². The number of benzene rings is 3. The van der Waals surface area contributed by atoms with Gasteiger partial charge in [-0.3, -0.25) is 0 Å². The Kier molecular flexibility index (Phi) is 5.50. The van der Waals surface area contributed by atoms with Gasteiger partial charge in [-0.05, 0) is 15.6 Å². The molecule has 1 nitrogen and oxygen atoms in total. The van der Waals surface area contributed by atoms with Crippen molar-refractivity contribution in [1.82, 2.24) is 0 Å². The van der Waals surface area contributed by atoms with E-state index in [4.69, 9.17) is 37.4 Å². The molecule has 6 heteroatoms. The molecule has 0 saturated heterocycles. The van der Waals surface area contributed by atoms with E-state index in [1.165, 1.54) is 0 Å². The second-order valence-electron chi connectivity index (χ2n) is 5.33. The Hall–Kier alpha value is -1.08. The molecule has 0 aromatic heterocycles. The molecule has 0 spiro atoms. The number of halogens is 3. The predicted octanol–water partition coefficient (Wildman–Crippen LogP) is 3.82. The van der Waals surface area contributed by atoms with Gasteiger partial charge in [-0.15, -0.1) is 0 Å². The minimum atomic E-state index is -3.36. The van der Waals surface area contributed by atoms with Crippen LogP contribution in [0.5, 0.6) is 0 Å². The summed E-state index contributed by atoms with van der Waals surface area (Å²) in [5.41, 5.74) is 0. The molecule has 0 aliphatic rings. The lowest BCUT2D eigenvalue weighted by Crippen LogP contribution is -2.71. The maximum Gasteiger partial charge on any atom is 0.484 e. The fourth-order valence-electron chi connectivity index (χ4n) is 2.87. The largest absolute Gasteiger partial charge is 0.484 e. The zero-order valence-corrected chi connectivity index (χ0v) is 17.0. The van der Waals surface area contributed by atoms with E-state index in [2.05, 4.69) is 36.4 Å². The molecule has 122 valence electrons. The molecule has 3 aromatic rings. The molecule has 0 radical (unpaired) electrons. The van der Waals surface area contributed by atoms with E-state index >= 15 is 0 Å². The first-order valence-corrected chi connectivity index (χ1v) is 14.3. The zero-order chi connectivity index (χ0) is 17.0. The van der Waals surface area contributed by atoms with E-state index < -0.39 is 14.6 Å². The second kappa shape index (κ2) is 7.44. The van der Waals surface area contributed by atoms with Crippen LogP contribution in [0.15, 0.2) is 91.0 Å². The highest BCUT2D eigenvalue weighted by Crippen LogP contribution is 2.26. The molecule has 3 aromatic carbocycles. The fraction of sp³-hybridized carbons (Fsp3) is 0. The van der Waals surface area contributed by atoms with Gasteiger partial charge in [0.1, 0.15) is 0 Å². The molecule has 0 bridgehead atoms. The van der Waals surface area contributed by atoms with Crippen molar-refractivity contribution in [1.29, 1.82) is 0 Å². The Morgan fingerprint density at radius 3 is 1.04 bits per heavy atom. The highest BCUT2D eigenvalue weighted by Gasteiger charge is 2.48. The van der Waals surface area contributed by atoms with Crippen LogP contribution in [-0.4, -0.2) is 14.6 Å². The SMILES string of the molecule is Cl[Si](Cl)(Cl)O[Si](c1ccccc1)(c1ccccc1)c1ccccc1. The molecular weight excluding hydrogens is 395 g/mol. The summed E-state index contributed by atoms with van der Waals surface area (Å²) in [7, 11) is -2.89. The summed E-state index contributed by atoms with van der Waals surface area (Å²) in [6.45, 7) is 0. The standard InChI is InChI=1S/C18H15Cl3OSi2/c19-24(20,21)22-23(16-10-4-1-5-11-16,17-12-6-2-7-13-17)18-14-8-3-9-15-18/h1-15H. The van der Waals surface area contributed by atoms with Gasteiger partial charge in [-0.25, -0.2) is 0 Å². The third-order valence-electron chi connectivity index (χ3n) is 3.81.